The van der Waals surface area contributed by atoms with E-state index in [0.717, 1.165) is 18.4 Å². The van der Waals surface area contributed by atoms with Gasteiger partial charge in [-0.3, -0.25) is 14.6 Å². The molecule has 0 saturated heterocycles. The van der Waals surface area contributed by atoms with Crippen LogP contribution in [-0.2, 0) is 4.74 Å². The van der Waals surface area contributed by atoms with E-state index in [9.17, 15) is 14.4 Å². The Labute approximate surface area is 238 Å². The first-order valence-corrected chi connectivity index (χ1v) is 13.2. The minimum Gasteiger partial charge on any atom is -0.496 e. The standard InChI is InChI=1S/C31H33N5O5/c1-5-19-15-24(29(37)35-21-11-9-20(10-12-21)28(32)33-3)23(16-26(19)40-4)22-13-14-25(30(38)34-17-18-7-8-18)36-27(22)31(39)41-6-2/h5,9-16,18H,1,6-8,17H2,2-4H3,(H2,32,33)(H,34,38)(H,35,37). The van der Waals surface area contributed by atoms with Gasteiger partial charge in [-0.15, -0.1) is 0 Å². The number of aromatic nitrogens is 1. The Balaban J connectivity index is 1.78. The summed E-state index contributed by atoms with van der Waals surface area (Å²) in [6.07, 6.45) is 3.73. The quantitative estimate of drug-likeness (QED) is 0.182. The number of rotatable bonds is 11. The Morgan fingerprint density at radius 2 is 1.83 bits per heavy atom. The highest BCUT2D eigenvalue weighted by atomic mass is 16.5. The number of amidine groups is 1. The van der Waals surface area contributed by atoms with Crippen molar-refractivity contribution in [2.24, 2.45) is 16.6 Å². The number of nitrogens with one attached hydrogen (secondary N) is 2. The van der Waals surface area contributed by atoms with Crippen LogP contribution in [0.3, 0.4) is 0 Å². The number of aliphatic imine (C=N–C) groups is 1. The molecule has 41 heavy (non-hydrogen) atoms. The minimum atomic E-state index is -0.719. The molecule has 0 bridgehead atoms. The summed E-state index contributed by atoms with van der Waals surface area (Å²) in [6, 6.07) is 13.3. The van der Waals surface area contributed by atoms with Crippen molar-refractivity contribution in [3.05, 3.63) is 83.2 Å². The number of benzene rings is 2. The smallest absolute Gasteiger partial charge is 0.357 e. The van der Waals surface area contributed by atoms with Gasteiger partial charge in [0.2, 0.25) is 0 Å². The second-order valence-electron chi connectivity index (χ2n) is 9.45. The van der Waals surface area contributed by atoms with Crippen molar-refractivity contribution in [2.75, 3.05) is 32.6 Å². The summed E-state index contributed by atoms with van der Waals surface area (Å²) in [5, 5.41) is 5.74. The van der Waals surface area contributed by atoms with E-state index in [1.807, 2.05) is 0 Å². The largest absolute Gasteiger partial charge is 0.496 e. The Bertz CT molecular complexity index is 1510. The van der Waals surface area contributed by atoms with Gasteiger partial charge in [0.1, 0.15) is 17.3 Å². The van der Waals surface area contributed by atoms with E-state index < -0.39 is 11.9 Å². The van der Waals surface area contributed by atoms with Crippen LogP contribution >= 0.6 is 0 Å². The van der Waals surface area contributed by atoms with Crippen molar-refractivity contribution in [2.45, 2.75) is 19.8 Å². The van der Waals surface area contributed by atoms with E-state index in [0.29, 0.717) is 46.4 Å². The summed E-state index contributed by atoms with van der Waals surface area (Å²) in [6.45, 7) is 6.17. The van der Waals surface area contributed by atoms with Gasteiger partial charge in [-0.1, -0.05) is 12.7 Å². The summed E-state index contributed by atoms with van der Waals surface area (Å²) in [5.41, 5.74) is 8.59. The minimum absolute atomic E-state index is 0.0770. The molecule has 3 aromatic rings. The predicted molar refractivity (Wildman–Crippen MR) is 158 cm³/mol. The van der Waals surface area contributed by atoms with Crippen LogP contribution in [0.15, 0.2) is 60.1 Å². The lowest BCUT2D eigenvalue weighted by molar-refractivity contribution is 0.0520. The Hall–Kier alpha value is -4.99. The molecule has 4 rings (SSSR count). The van der Waals surface area contributed by atoms with Gasteiger partial charge in [-0.2, -0.15) is 0 Å². The Kier molecular flexibility index (Phi) is 9.13. The number of carbonyl (C=O) groups excluding carboxylic acids is 3. The first-order valence-electron chi connectivity index (χ1n) is 13.2. The van der Waals surface area contributed by atoms with Crippen LogP contribution in [0.5, 0.6) is 5.75 Å². The summed E-state index contributed by atoms with van der Waals surface area (Å²) < 4.78 is 10.8. The molecule has 1 heterocycles. The SMILES string of the molecule is C=Cc1cc(C(=O)Nc2ccc(/C(N)=N/C)cc2)c(-c2ccc(C(=O)NCC3CC3)nc2C(=O)OCC)cc1OC. The fourth-order valence-electron chi connectivity index (χ4n) is 4.20. The highest BCUT2D eigenvalue weighted by Gasteiger charge is 2.26. The molecule has 1 aromatic heterocycles. The summed E-state index contributed by atoms with van der Waals surface area (Å²) in [5.74, 6) is -0.262. The molecule has 0 spiro atoms. The number of methoxy groups -OCH3 is 1. The fraction of sp³-hybridized carbons (Fsp3) is 0.258. The molecule has 1 aliphatic carbocycles. The molecule has 2 aromatic carbocycles. The zero-order chi connectivity index (χ0) is 29.5. The topological polar surface area (TPSA) is 145 Å². The number of ether oxygens (including phenoxy) is 2. The number of pyridine rings is 1. The third-order valence-corrected chi connectivity index (χ3v) is 6.65. The monoisotopic (exact) mass is 555 g/mol. The third kappa shape index (κ3) is 6.78. The van der Waals surface area contributed by atoms with Crippen molar-refractivity contribution in [3.63, 3.8) is 0 Å². The average molecular weight is 556 g/mol. The van der Waals surface area contributed by atoms with Crippen LogP contribution in [-0.4, -0.2) is 55.9 Å². The van der Waals surface area contributed by atoms with Gasteiger partial charge in [0.15, 0.2) is 5.69 Å². The lowest BCUT2D eigenvalue weighted by atomic mass is 9.94. The van der Waals surface area contributed by atoms with Crippen LogP contribution in [0.4, 0.5) is 5.69 Å². The van der Waals surface area contributed by atoms with E-state index in [4.69, 9.17) is 15.2 Å². The molecule has 0 radical (unpaired) electrons. The van der Waals surface area contributed by atoms with E-state index >= 15 is 0 Å². The molecule has 1 aliphatic rings. The zero-order valence-electron chi connectivity index (χ0n) is 23.3. The fourth-order valence-corrected chi connectivity index (χ4v) is 4.20. The van der Waals surface area contributed by atoms with Crippen molar-refractivity contribution in [1.82, 2.24) is 10.3 Å². The van der Waals surface area contributed by atoms with Crippen LogP contribution in [0, 0.1) is 5.92 Å². The number of hydrogen-bond acceptors (Lipinski definition) is 7. The van der Waals surface area contributed by atoms with Gasteiger partial charge >= 0.3 is 5.97 Å². The predicted octanol–water partition coefficient (Wildman–Crippen LogP) is 4.30. The van der Waals surface area contributed by atoms with Crippen LogP contribution in [0.2, 0.25) is 0 Å². The number of anilines is 1. The molecule has 1 fully saturated rings. The van der Waals surface area contributed by atoms with Gasteiger partial charge in [-0.25, -0.2) is 9.78 Å². The lowest BCUT2D eigenvalue weighted by Crippen LogP contribution is -2.27. The zero-order valence-corrected chi connectivity index (χ0v) is 23.3. The van der Waals surface area contributed by atoms with Crippen molar-refractivity contribution >= 4 is 35.4 Å². The van der Waals surface area contributed by atoms with Gasteiger partial charge in [0.25, 0.3) is 11.8 Å². The van der Waals surface area contributed by atoms with Gasteiger partial charge in [0.05, 0.1) is 13.7 Å². The lowest BCUT2D eigenvalue weighted by Gasteiger charge is -2.17. The van der Waals surface area contributed by atoms with Crippen LogP contribution in [0.1, 0.15) is 62.2 Å². The molecule has 10 nitrogen and oxygen atoms in total. The van der Waals surface area contributed by atoms with Gasteiger partial charge < -0.3 is 25.8 Å². The number of hydrogen-bond donors (Lipinski definition) is 3. The van der Waals surface area contributed by atoms with Gasteiger partial charge in [0, 0.05) is 47.1 Å². The van der Waals surface area contributed by atoms with Crippen molar-refractivity contribution in [3.8, 4) is 16.9 Å². The molecular weight excluding hydrogens is 522 g/mol. The van der Waals surface area contributed by atoms with Crippen LogP contribution < -0.4 is 21.1 Å². The molecule has 0 atom stereocenters. The van der Waals surface area contributed by atoms with Gasteiger partial charge in [-0.05, 0) is 74.2 Å². The summed E-state index contributed by atoms with van der Waals surface area (Å²) in [4.78, 5) is 47.8. The molecule has 2 amide bonds. The van der Waals surface area contributed by atoms with E-state index in [-0.39, 0.29) is 29.5 Å². The van der Waals surface area contributed by atoms with Crippen LogP contribution in [0.25, 0.3) is 17.2 Å². The van der Waals surface area contributed by atoms with Crippen molar-refractivity contribution < 1.29 is 23.9 Å². The highest BCUT2D eigenvalue weighted by Crippen LogP contribution is 2.34. The number of carbonyl (C=O) groups is 3. The number of nitrogens with zero attached hydrogens (tertiary/aromatic N) is 2. The molecule has 10 heteroatoms. The normalized spacial score (nSPS) is 12.8. The maximum Gasteiger partial charge on any atom is 0.357 e. The summed E-state index contributed by atoms with van der Waals surface area (Å²) >= 11 is 0. The highest BCUT2D eigenvalue weighted by molar-refractivity contribution is 6.11. The first-order chi connectivity index (χ1) is 19.8. The molecule has 0 unspecified atom stereocenters. The number of esters is 1. The molecular formula is C31H33N5O5. The molecule has 4 N–H and O–H groups in total. The average Bonchev–Trinajstić information content (AvgIpc) is 3.83. The van der Waals surface area contributed by atoms with E-state index in [1.165, 1.54) is 13.2 Å². The second-order valence-corrected chi connectivity index (χ2v) is 9.45. The maximum atomic E-state index is 13.7. The Morgan fingerprint density at radius 1 is 1.10 bits per heavy atom. The van der Waals surface area contributed by atoms with E-state index in [1.54, 1.807) is 62.5 Å². The maximum absolute atomic E-state index is 13.7. The Morgan fingerprint density at radius 3 is 2.44 bits per heavy atom. The summed E-state index contributed by atoms with van der Waals surface area (Å²) in [7, 11) is 3.09. The van der Waals surface area contributed by atoms with Crippen molar-refractivity contribution in [1.29, 1.82) is 0 Å². The van der Waals surface area contributed by atoms with E-state index in [2.05, 4.69) is 27.2 Å². The molecule has 1 saturated carbocycles. The third-order valence-electron chi connectivity index (χ3n) is 6.65. The number of amides is 2. The molecule has 0 aliphatic heterocycles. The second kappa shape index (κ2) is 12.9. The molecule has 212 valence electrons. The first kappa shape index (κ1) is 29.0. The number of nitrogens with two attached hydrogens (primary N) is 1.